The second-order valence-corrected chi connectivity index (χ2v) is 4.71. The summed E-state index contributed by atoms with van der Waals surface area (Å²) in [4.78, 5) is 15.1. The van der Waals surface area contributed by atoms with Crippen LogP contribution in [0, 0.1) is 0 Å². The van der Waals surface area contributed by atoms with E-state index in [9.17, 15) is 9.90 Å². The van der Waals surface area contributed by atoms with Gasteiger partial charge in [-0.25, -0.2) is 9.78 Å². The normalized spacial score (nSPS) is 14.8. The summed E-state index contributed by atoms with van der Waals surface area (Å²) in [7, 11) is 0. The Bertz CT molecular complexity index is 313. The van der Waals surface area contributed by atoms with Gasteiger partial charge in [-0.2, -0.15) is 11.8 Å². The fourth-order valence-electron chi connectivity index (χ4n) is 1.21. The van der Waals surface area contributed by atoms with Crippen molar-refractivity contribution in [3.8, 4) is 0 Å². The lowest BCUT2D eigenvalue weighted by molar-refractivity contribution is -0.145. The van der Waals surface area contributed by atoms with Gasteiger partial charge in [-0.15, -0.1) is 0 Å². The number of rotatable bonds is 6. The van der Waals surface area contributed by atoms with Crippen LogP contribution in [0.4, 0.5) is 0 Å². The van der Waals surface area contributed by atoms with Crippen LogP contribution in [0.25, 0.3) is 0 Å². The smallest absolute Gasteiger partial charge is 0.330 e. The van der Waals surface area contributed by atoms with Crippen molar-refractivity contribution < 1.29 is 9.90 Å². The zero-order valence-corrected chi connectivity index (χ0v) is 9.83. The predicted octanol–water partition coefficient (Wildman–Crippen LogP) is 1.83. The zero-order chi connectivity index (χ0) is 11.3. The van der Waals surface area contributed by atoms with Crippen LogP contribution in [0.15, 0.2) is 18.7 Å². The summed E-state index contributed by atoms with van der Waals surface area (Å²) >= 11 is 1.66. The molecule has 0 fully saturated rings. The van der Waals surface area contributed by atoms with Gasteiger partial charge in [-0.1, -0.05) is 6.92 Å². The van der Waals surface area contributed by atoms with Crippen LogP contribution in [0.3, 0.4) is 0 Å². The Morgan fingerprint density at radius 2 is 2.40 bits per heavy atom. The highest BCUT2D eigenvalue weighted by molar-refractivity contribution is 7.99. The molecule has 0 bridgehead atoms. The molecule has 1 heterocycles. The van der Waals surface area contributed by atoms with Crippen molar-refractivity contribution in [3.05, 3.63) is 18.7 Å². The Balaban J connectivity index is 2.75. The van der Waals surface area contributed by atoms with Crippen molar-refractivity contribution in [2.24, 2.45) is 0 Å². The molecule has 0 aliphatic rings. The molecule has 1 N–H and O–H groups in total. The van der Waals surface area contributed by atoms with Crippen molar-refractivity contribution >= 4 is 17.7 Å². The van der Waals surface area contributed by atoms with E-state index in [-0.39, 0.29) is 0 Å². The largest absolute Gasteiger partial charge is 0.479 e. The Labute approximate surface area is 93.7 Å². The Morgan fingerprint density at radius 3 is 2.87 bits per heavy atom. The molecule has 0 aromatic carbocycles. The molecule has 5 heteroatoms. The van der Waals surface area contributed by atoms with Crippen molar-refractivity contribution in [1.82, 2.24) is 9.55 Å². The molecule has 0 amide bonds. The topological polar surface area (TPSA) is 55.1 Å². The number of carbonyl (C=O) groups is 1. The molecular weight excluding hydrogens is 212 g/mol. The minimum atomic E-state index is -0.893. The second kappa shape index (κ2) is 5.21. The van der Waals surface area contributed by atoms with Gasteiger partial charge in [0.2, 0.25) is 0 Å². The van der Waals surface area contributed by atoms with E-state index in [1.54, 1.807) is 42.0 Å². The van der Waals surface area contributed by atoms with Gasteiger partial charge >= 0.3 is 5.97 Å². The number of aliphatic carboxylic acids is 1. The summed E-state index contributed by atoms with van der Waals surface area (Å²) in [5.41, 5.74) is -0.893. The average Bonchev–Trinajstić information content (AvgIpc) is 2.70. The number of aromatic nitrogens is 2. The highest BCUT2D eigenvalue weighted by atomic mass is 32.2. The summed E-state index contributed by atoms with van der Waals surface area (Å²) in [5, 5.41) is 9.24. The number of nitrogens with zero attached hydrogens (tertiary/aromatic N) is 2. The van der Waals surface area contributed by atoms with E-state index in [2.05, 4.69) is 11.9 Å². The average molecular weight is 228 g/mol. The highest BCUT2D eigenvalue weighted by Gasteiger charge is 2.34. The summed E-state index contributed by atoms with van der Waals surface area (Å²) in [6, 6.07) is 0. The molecule has 84 valence electrons. The molecule has 0 saturated heterocycles. The molecule has 1 aromatic rings. The van der Waals surface area contributed by atoms with Crippen LogP contribution in [-0.2, 0) is 10.3 Å². The van der Waals surface area contributed by atoms with E-state index in [1.165, 1.54) is 0 Å². The van der Waals surface area contributed by atoms with Gasteiger partial charge in [0.15, 0.2) is 0 Å². The predicted molar refractivity (Wildman–Crippen MR) is 61.1 cm³/mol. The van der Waals surface area contributed by atoms with E-state index >= 15 is 0 Å². The molecule has 1 unspecified atom stereocenters. The number of thioether (sulfide) groups is 1. The van der Waals surface area contributed by atoms with Gasteiger partial charge in [0.1, 0.15) is 5.54 Å². The molecule has 15 heavy (non-hydrogen) atoms. The SMILES string of the molecule is CCCSCC(C)(C(=O)O)n1ccnc1. The Hall–Kier alpha value is -0.970. The number of hydrogen-bond acceptors (Lipinski definition) is 3. The maximum Gasteiger partial charge on any atom is 0.330 e. The van der Waals surface area contributed by atoms with Crippen LogP contribution in [0.2, 0.25) is 0 Å². The molecule has 0 saturated carbocycles. The monoisotopic (exact) mass is 228 g/mol. The highest BCUT2D eigenvalue weighted by Crippen LogP contribution is 2.22. The first kappa shape index (κ1) is 12.1. The standard InChI is InChI=1S/C10H16N2O2S/c1-3-6-15-7-10(2,9(13)14)12-5-4-11-8-12/h4-5,8H,3,6-7H2,1-2H3,(H,13,14). The van der Waals surface area contributed by atoms with Crippen LogP contribution < -0.4 is 0 Å². The minimum absolute atomic E-state index is 0.562. The first-order valence-electron chi connectivity index (χ1n) is 4.91. The first-order valence-corrected chi connectivity index (χ1v) is 6.06. The Morgan fingerprint density at radius 1 is 1.67 bits per heavy atom. The quantitative estimate of drug-likeness (QED) is 0.755. The molecular formula is C10H16N2O2S. The second-order valence-electron chi connectivity index (χ2n) is 3.60. The Kier molecular flexibility index (Phi) is 4.20. The molecule has 1 aromatic heterocycles. The molecule has 0 aliphatic heterocycles. The first-order chi connectivity index (χ1) is 7.11. The summed E-state index contributed by atoms with van der Waals surface area (Å²) < 4.78 is 1.65. The van der Waals surface area contributed by atoms with Gasteiger partial charge in [0.25, 0.3) is 0 Å². The lowest BCUT2D eigenvalue weighted by Gasteiger charge is -2.25. The van der Waals surface area contributed by atoms with Crippen LogP contribution >= 0.6 is 11.8 Å². The molecule has 4 nitrogen and oxygen atoms in total. The van der Waals surface area contributed by atoms with E-state index in [0.717, 1.165) is 12.2 Å². The van der Waals surface area contributed by atoms with E-state index in [4.69, 9.17) is 0 Å². The van der Waals surface area contributed by atoms with Crippen molar-refractivity contribution in [2.45, 2.75) is 25.8 Å². The van der Waals surface area contributed by atoms with E-state index in [1.807, 2.05) is 0 Å². The number of carboxylic acids is 1. The minimum Gasteiger partial charge on any atom is -0.479 e. The number of carboxylic acid groups (broad SMARTS) is 1. The lowest BCUT2D eigenvalue weighted by atomic mass is 10.1. The lowest BCUT2D eigenvalue weighted by Crippen LogP contribution is -2.40. The van der Waals surface area contributed by atoms with Gasteiger partial charge in [-0.3, -0.25) is 0 Å². The molecule has 0 aliphatic carbocycles. The third-order valence-electron chi connectivity index (χ3n) is 2.27. The maximum absolute atomic E-state index is 11.3. The van der Waals surface area contributed by atoms with E-state index < -0.39 is 11.5 Å². The van der Waals surface area contributed by atoms with Crippen molar-refractivity contribution in [1.29, 1.82) is 0 Å². The molecule has 0 radical (unpaired) electrons. The van der Waals surface area contributed by atoms with Crippen LogP contribution in [-0.4, -0.2) is 32.1 Å². The van der Waals surface area contributed by atoms with Gasteiger partial charge in [-0.05, 0) is 19.1 Å². The van der Waals surface area contributed by atoms with Gasteiger partial charge < -0.3 is 9.67 Å². The summed E-state index contributed by atoms with van der Waals surface area (Å²) in [6.45, 7) is 3.81. The van der Waals surface area contributed by atoms with Crippen LogP contribution in [0.1, 0.15) is 20.3 Å². The fourth-order valence-corrected chi connectivity index (χ4v) is 2.32. The van der Waals surface area contributed by atoms with Gasteiger partial charge in [0, 0.05) is 18.1 Å². The third-order valence-corrected chi connectivity index (χ3v) is 3.73. The summed E-state index contributed by atoms with van der Waals surface area (Å²) in [6.07, 6.45) is 5.91. The van der Waals surface area contributed by atoms with Crippen LogP contribution in [0.5, 0.6) is 0 Å². The molecule has 0 spiro atoms. The third kappa shape index (κ3) is 2.75. The number of imidazole rings is 1. The fraction of sp³-hybridized carbons (Fsp3) is 0.600. The van der Waals surface area contributed by atoms with E-state index in [0.29, 0.717) is 5.75 Å². The van der Waals surface area contributed by atoms with Crippen molar-refractivity contribution in [2.75, 3.05) is 11.5 Å². The van der Waals surface area contributed by atoms with Gasteiger partial charge in [0.05, 0.1) is 6.33 Å². The maximum atomic E-state index is 11.3. The summed E-state index contributed by atoms with van der Waals surface area (Å²) in [5.74, 6) is 0.730. The van der Waals surface area contributed by atoms with Crippen molar-refractivity contribution in [3.63, 3.8) is 0 Å². The molecule has 1 rings (SSSR count). The number of hydrogen-bond donors (Lipinski definition) is 1. The molecule has 1 atom stereocenters. The zero-order valence-electron chi connectivity index (χ0n) is 9.01.